The number of amides is 1. The average Bonchev–Trinajstić information content (AvgIpc) is 3.74. The highest BCUT2D eigenvalue weighted by atomic mass is 32.1. The number of para-hydroxylation sites is 1. The number of nitrogens with zero attached hydrogens (tertiary/aromatic N) is 1. The molecule has 6 heteroatoms. The van der Waals surface area contributed by atoms with Gasteiger partial charge in [0.1, 0.15) is 11.5 Å². The van der Waals surface area contributed by atoms with Gasteiger partial charge in [0.2, 0.25) is 5.91 Å². The molecule has 1 N–H and O–H groups in total. The number of aryl methyl sites for hydroxylation is 1. The maximum absolute atomic E-state index is 14.9. The number of unbranched alkanes of at least 4 members (excludes halogenated alkanes) is 2. The molecule has 3 aliphatic rings. The van der Waals surface area contributed by atoms with Crippen molar-refractivity contribution < 1.29 is 14.4 Å². The molecule has 1 saturated heterocycles. The third-order valence-electron chi connectivity index (χ3n) is 9.19. The zero-order valence-electron chi connectivity index (χ0n) is 23.5. The molecule has 7 rings (SSSR count). The number of Topliss-reactive ketones (excluding diaryl/α,β-unsaturated/α-hetero) is 2. The first-order valence-electron chi connectivity index (χ1n) is 14.7. The lowest BCUT2D eigenvalue weighted by Gasteiger charge is -2.38. The van der Waals surface area contributed by atoms with Gasteiger partial charge in [-0.15, -0.1) is 11.3 Å². The van der Waals surface area contributed by atoms with E-state index in [2.05, 4.69) is 12.2 Å². The number of fused-ring (bicyclic) bond motifs is 6. The van der Waals surface area contributed by atoms with Crippen LogP contribution in [0.1, 0.15) is 74.5 Å². The van der Waals surface area contributed by atoms with Crippen LogP contribution in [0.3, 0.4) is 0 Å². The van der Waals surface area contributed by atoms with Gasteiger partial charge in [-0.25, -0.2) is 0 Å². The van der Waals surface area contributed by atoms with E-state index in [4.69, 9.17) is 0 Å². The fourth-order valence-corrected chi connectivity index (χ4v) is 8.02. The van der Waals surface area contributed by atoms with E-state index in [-0.39, 0.29) is 17.5 Å². The van der Waals surface area contributed by atoms with Crippen LogP contribution in [0.15, 0.2) is 96.5 Å². The van der Waals surface area contributed by atoms with E-state index in [0.717, 1.165) is 36.0 Å². The molecule has 42 heavy (non-hydrogen) atoms. The van der Waals surface area contributed by atoms with Crippen molar-refractivity contribution in [1.29, 1.82) is 0 Å². The van der Waals surface area contributed by atoms with Crippen molar-refractivity contribution in [2.75, 3.05) is 5.32 Å². The minimum Gasteiger partial charge on any atom is -0.358 e. The number of hydrogen-bond acceptors (Lipinski definition) is 5. The Labute approximate surface area is 249 Å². The second-order valence-electron chi connectivity index (χ2n) is 11.4. The summed E-state index contributed by atoms with van der Waals surface area (Å²) in [4.78, 5) is 46.4. The lowest BCUT2D eigenvalue weighted by Crippen LogP contribution is -2.49. The fourth-order valence-electron chi connectivity index (χ4n) is 7.33. The third-order valence-corrected chi connectivity index (χ3v) is 10.1. The van der Waals surface area contributed by atoms with E-state index in [1.807, 2.05) is 107 Å². The minimum absolute atomic E-state index is 0.136. The van der Waals surface area contributed by atoms with Gasteiger partial charge in [0.25, 0.3) is 0 Å². The van der Waals surface area contributed by atoms with Crippen molar-refractivity contribution >= 4 is 40.6 Å². The van der Waals surface area contributed by atoms with E-state index in [0.29, 0.717) is 16.1 Å². The number of nitrogens with one attached hydrogen (secondary N) is 1. The van der Waals surface area contributed by atoms with Gasteiger partial charge < -0.3 is 10.2 Å². The predicted molar refractivity (Wildman–Crippen MR) is 167 cm³/mol. The van der Waals surface area contributed by atoms with Crippen LogP contribution in [-0.4, -0.2) is 28.4 Å². The molecule has 1 fully saturated rings. The molecular weight excluding hydrogens is 540 g/mol. The summed E-state index contributed by atoms with van der Waals surface area (Å²) in [7, 11) is 0. The zero-order chi connectivity index (χ0) is 28.8. The topological polar surface area (TPSA) is 66.5 Å². The molecule has 210 valence electrons. The molecule has 1 spiro atoms. The van der Waals surface area contributed by atoms with Crippen molar-refractivity contribution in [2.24, 2.45) is 5.92 Å². The summed E-state index contributed by atoms with van der Waals surface area (Å²) in [6.45, 7) is 2.19. The molecular formula is C36H32N2O3S. The summed E-state index contributed by atoms with van der Waals surface area (Å²) in [5.74, 6) is -1.50. The van der Waals surface area contributed by atoms with Crippen molar-refractivity contribution in [3.05, 3.63) is 129 Å². The van der Waals surface area contributed by atoms with E-state index in [1.54, 1.807) is 0 Å². The molecule has 3 aromatic carbocycles. The number of benzene rings is 3. The van der Waals surface area contributed by atoms with Gasteiger partial charge in [-0.3, -0.25) is 14.4 Å². The second kappa shape index (κ2) is 10.5. The molecule has 4 aromatic rings. The maximum atomic E-state index is 14.9. The van der Waals surface area contributed by atoms with Gasteiger partial charge in [-0.1, -0.05) is 92.6 Å². The number of carbonyl (C=O) groups is 3. The third kappa shape index (κ3) is 3.92. The largest absolute Gasteiger partial charge is 0.358 e. The van der Waals surface area contributed by atoms with Gasteiger partial charge in [-0.2, -0.15) is 0 Å². The average molecular weight is 573 g/mol. The molecule has 0 bridgehead atoms. The van der Waals surface area contributed by atoms with Crippen molar-refractivity contribution in [2.45, 2.75) is 50.1 Å². The Kier molecular flexibility index (Phi) is 6.66. The van der Waals surface area contributed by atoms with Crippen LogP contribution in [0, 0.1) is 5.92 Å². The molecule has 1 aromatic heterocycles. The Morgan fingerprint density at radius 3 is 2.48 bits per heavy atom. The first-order valence-corrected chi connectivity index (χ1v) is 15.6. The zero-order valence-corrected chi connectivity index (χ0v) is 24.3. The first kappa shape index (κ1) is 26.6. The molecule has 4 heterocycles. The number of hydrogen-bond donors (Lipinski definition) is 1. The van der Waals surface area contributed by atoms with Gasteiger partial charge in [-0.05, 0) is 58.7 Å². The maximum Gasteiger partial charge on any atom is 0.238 e. The van der Waals surface area contributed by atoms with Crippen LogP contribution in [0.2, 0.25) is 0 Å². The molecule has 1 amide bonds. The highest BCUT2D eigenvalue weighted by molar-refractivity contribution is 7.12. The van der Waals surface area contributed by atoms with Crippen molar-refractivity contribution in [1.82, 2.24) is 4.90 Å². The van der Waals surface area contributed by atoms with E-state index in [9.17, 15) is 14.4 Å². The highest BCUT2D eigenvalue weighted by Crippen LogP contribution is 2.62. The molecule has 0 saturated carbocycles. The Balaban J connectivity index is 1.44. The summed E-state index contributed by atoms with van der Waals surface area (Å²) in [5, 5.41) is 4.99. The standard InChI is InChI=1S/C36H32N2O3S/c1-2-3-4-10-23-16-18-25(19-17-23)32(39)30-31(33(40)29-15-9-22-42-29)38-21-20-24-11-5-6-12-26(24)34(38)36(30)27-13-7-8-14-28(27)37-35(36)41/h5-9,11-22,30-31,34H,2-4,10H2,1H3,(H,37,41)/t30-,31-,34-,36-/m1/s1. The highest BCUT2D eigenvalue weighted by Gasteiger charge is 2.70. The molecule has 5 nitrogen and oxygen atoms in total. The summed E-state index contributed by atoms with van der Waals surface area (Å²) < 4.78 is 0. The molecule has 4 atom stereocenters. The normalized spacial score (nSPS) is 23.4. The van der Waals surface area contributed by atoms with Gasteiger partial charge >= 0.3 is 0 Å². The van der Waals surface area contributed by atoms with E-state index < -0.39 is 23.4 Å². The number of rotatable bonds is 8. The summed E-state index contributed by atoms with van der Waals surface area (Å²) in [6.07, 6.45) is 8.29. The molecule has 0 unspecified atom stereocenters. The van der Waals surface area contributed by atoms with Crippen LogP contribution in [-0.2, 0) is 16.6 Å². The Hall–Kier alpha value is -4.29. The summed E-state index contributed by atoms with van der Waals surface area (Å²) in [6, 6.07) is 25.7. The first-order chi connectivity index (χ1) is 20.6. The van der Waals surface area contributed by atoms with Gasteiger partial charge in [0.05, 0.1) is 16.8 Å². The Bertz CT molecular complexity index is 1710. The second-order valence-corrected chi connectivity index (χ2v) is 12.4. The van der Waals surface area contributed by atoms with Crippen LogP contribution in [0.5, 0.6) is 0 Å². The monoisotopic (exact) mass is 572 g/mol. The minimum atomic E-state index is -1.30. The molecule has 0 aliphatic carbocycles. The summed E-state index contributed by atoms with van der Waals surface area (Å²) >= 11 is 1.37. The van der Waals surface area contributed by atoms with Crippen LogP contribution in [0.25, 0.3) is 6.08 Å². The smallest absolute Gasteiger partial charge is 0.238 e. The van der Waals surface area contributed by atoms with Crippen molar-refractivity contribution in [3.8, 4) is 0 Å². The van der Waals surface area contributed by atoms with Crippen LogP contribution < -0.4 is 5.32 Å². The lowest BCUT2D eigenvalue weighted by molar-refractivity contribution is -0.122. The van der Waals surface area contributed by atoms with Crippen LogP contribution >= 0.6 is 11.3 Å². The SMILES string of the molecule is CCCCCc1ccc(C(=O)[C@H]2[C@H](C(=O)c3cccs3)N3C=Cc4ccccc4[C@@H]3[C@]23C(=O)Nc2ccccc23)cc1. The Morgan fingerprint density at radius 2 is 1.69 bits per heavy atom. The number of thiophene rings is 1. The number of anilines is 1. The molecule has 0 radical (unpaired) electrons. The number of ketones is 2. The van der Waals surface area contributed by atoms with E-state index >= 15 is 0 Å². The van der Waals surface area contributed by atoms with Gasteiger partial charge in [0, 0.05) is 17.5 Å². The predicted octanol–water partition coefficient (Wildman–Crippen LogP) is 7.46. The van der Waals surface area contributed by atoms with Crippen molar-refractivity contribution in [3.63, 3.8) is 0 Å². The lowest BCUT2D eigenvalue weighted by atomic mass is 9.62. The van der Waals surface area contributed by atoms with E-state index in [1.165, 1.54) is 23.3 Å². The fraction of sp³-hybridized carbons (Fsp3) is 0.250. The quantitative estimate of drug-likeness (QED) is 0.176. The molecule has 3 aliphatic heterocycles. The number of carbonyl (C=O) groups excluding carboxylic acids is 3. The van der Waals surface area contributed by atoms with Crippen LogP contribution in [0.4, 0.5) is 5.69 Å². The van der Waals surface area contributed by atoms with Gasteiger partial charge in [0.15, 0.2) is 11.6 Å². The summed E-state index contributed by atoms with van der Waals surface area (Å²) in [5.41, 5.74) is 3.81. The Morgan fingerprint density at radius 1 is 0.905 bits per heavy atom.